The molecule has 3 aromatic rings. The predicted octanol–water partition coefficient (Wildman–Crippen LogP) is 5.34. The van der Waals surface area contributed by atoms with Gasteiger partial charge >= 0.3 is 5.97 Å². The summed E-state index contributed by atoms with van der Waals surface area (Å²) in [5.41, 5.74) is 0.377. The van der Waals surface area contributed by atoms with Crippen LogP contribution in [-0.2, 0) is 40.5 Å². The van der Waals surface area contributed by atoms with Crippen LogP contribution in [0.25, 0.3) is 22.0 Å². The first-order chi connectivity index (χ1) is 29.9. The Kier molecular flexibility index (Phi) is 11.6. The van der Waals surface area contributed by atoms with Gasteiger partial charge in [0.1, 0.15) is 23.8 Å². The maximum absolute atomic E-state index is 15.1. The minimum atomic E-state index is -3.93. The predicted molar refractivity (Wildman–Crippen MR) is 231 cm³/mol. The molecule has 328 valence electrons. The van der Waals surface area contributed by atoms with Gasteiger partial charge in [-0.15, -0.1) is 6.58 Å². The molecule has 9 rings (SSSR count). The Bertz CT molecular complexity index is 2460. The van der Waals surface area contributed by atoms with Gasteiger partial charge in [-0.2, -0.15) is 4.98 Å². The van der Waals surface area contributed by atoms with E-state index >= 15 is 4.79 Å². The highest BCUT2D eigenvalue weighted by molar-refractivity contribution is 7.91. The van der Waals surface area contributed by atoms with Gasteiger partial charge in [0.05, 0.1) is 35.0 Å². The molecular formula is C47H55N5O9S. The van der Waals surface area contributed by atoms with E-state index in [1.54, 1.807) is 6.07 Å². The molecule has 0 spiro atoms. The highest BCUT2D eigenvalue weighted by atomic mass is 32.2. The average molecular weight is 866 g/mol. The van der Waals surface area contributed by atoms with Crippen molar-refractivity contribution in [1.29, 1.82) is 0 Å². The summed E-state index contributed by atoms with van der Waals surface area (Å²) in [5.74, 6) is -3.51. The first-order valence-electron chi connectivity index (χ1n) is 22.4. The Hall–Kier alpha value is -5.31. The van der Waals surface area contributed by atoms with Crippen LogP contribution in [-0.4, -0.2) is 82.1 Å². The summed E-state index contributed by atoms with van der Waals surface area (Å²) in [5, 5.41) is 2.62. The number of hydrogen-bond acceptors (Lipinski definition) is 10. The van der Waals surface area contributed by atoms with Crippen LogP contribution in [0.5, 0.6) is 6.01 Å². The molecule has 0 unspecified atom stereocenters. The lowest BCUT2D eigenvalue weighted by Gasteiger charge is -2.32. The van der Waals surface area contributed by atoms with Gasteiger partial charge in [-0.3, -0.25) is 33.3 Å². The Morgan fingerprint density at radius 3 is 2.40 bits per heavy atom. The number of nitrogens with one attached hydrogen (secondary N) is 2. The van der Waals surface area contributed by atoms with E-state index in [1.165, 1.54) is 15.5 Å². The molecule has 3 amide bonds. The normalized spacial score (nSPS) is 30.0. The van der Waals surface area contributed by atoms with Crippen LogP contribution in [0.4, 0.5) is 0 Å². The highest BCUT2D eigenvalue weighted by Gasteiger charge is 2.62. The molecule has 4 saturated carbocycles. The van der Waals surface area contributed by atoms with Crippen molar-refractivity contribution in [3.05, 3.63) is 83.7 Å². The lowest BCUT2D eigenvalue weighted by Crippen LogP contribution is -2.57. The Morgan fingerprint density at radius 1 is 0.887 bits per heavy atom. The van der Waals surface area contributed by atoms with Crippen molar-refractivity contribution < 1.29 is 37.1 Å². The van der Waals surface area contributed by atoms with E-state index < -0.39 is 62.6 Å². The number of sulfonamides is 1. The van der Waals surface area contributed by atoms with E-state index in [2.05, 4.69) is 16.6 Å². The Morgan fingerprint density at radius 2 is 1.66 bits per heavy atom. The van der Waals surface area contributed by atoms with Gasteiger partial charge in [-0.05, 0) is 99.3 Å². The van der Waals surface area contributed by atoms with Crippen molar-refractivity contribution >= 4 is 44.6 Å². The number of hydrogen-bond donors (Lipinski definition) is 2. The molecule has 5 fully saturated rings. The number of esters is 1. The molecule has 1 saturated heterocycles. The zero-order valence-electron chi connectivity index (χ0n) is 34.9. The number of carbonyl (C=O) groups is 4. The summed E-state index contributed by atoms with van der Waals surface area (Å²) in [4.78, 5) is 77.9. The van der Waals surface area contributed by atoms with Crippen LogP contribution in [0.3, 0.4) is 0 Å². The van der Waals surface area contributed by atoms with Crippen molar-refractivity contribution in [1.82, 2.24) is 24.5 Å². The van der Waals surface area contributed by atoms with E-state index in [1.807, 2.05) is 54.6 Å². The van der Waals surface area contributed by atoms with Gasteiger partial charge in [0.25, 0.3) is 17.5 Å². The number of fused-ring (bicyclic) bond motifs is 5. The van der Waals surface area contributed by atoms with Gasteiger partial charge < -0.3 is 19.7 Å². The molecule has 2 aromatic carbocycles. The van der Waals surface area contributed by atoms with Crippen molar-refractivity contribution in [3.63, 3.8) is 0 Å². The third-order valence-corrected chi connectivity index (χ3v) is 15.9. The second-order valence-corrected chi connectivity index (χ2v) is 20.2. The number of benzene rings is 2. The third kappa shape index (κ3) is 8.44. The van der Waals surface area contributed by atoms with Crippen LogP contribution in [0, 0.1) is 23.7 Å². The summed E-state index contributed by atoms with van der Waals surface area (Å²) >= 11 is 0. The molecule has 2 N–H and O–H groups in total. The molecule has 15 heteroatoms. The first-order valence-corrected chi connectivity index (χ1v) is 23.9. The minimum absolute atomic E-state index is 0.0200. The van der Waals surface area contributed by atoms with E-state index in [0.717, 1.165) is 68.9 Å². The molecular weight excluding hydrogens is 811 g/mol. The molecule has 6 aliphatic rings. The SMILES string of the molecule is C=C[C@H]1C[C@]1(NC(=O)[C@@H]1C[C@@H]2CN1C(=O)[C@H](C1CCCC1)CC(=O)O[C@@H]1CCC[C@H]1CC/C=C/Cn1c(nc3cc(-c4ccccc4)ccc3c1=O)O2)C(=O)NS(=O)(=O)C1CC1. The van der Waals surface area contributed by atoms with E-state index in [4.69, 9.17) is 14.5 Å². The number of carbonyl (C=O) groups excluding carboxylic acids is 4. The summed E-state index contributed by atoms with van der Waals surface area (Å²) in [6, 6.07) is 14.2. The summed E-state index contributed by atoms with van der Waals surface area (Å²) in [7, 11) is -3.93. The second-order valence-electron chi connectivity index (χ2n) is 18.2. The van der Waals surface area contributed by atoms with Crippen LogP contribution < -0.4 is 20.3 Å². The lowest BCUT2D eigenvalue weighted by molar-refractivity contribution is -0.156. The minimum Gasteiger partial charge on any atom is -0.462 e. The fourth-order valence-corrected chi connectivity index (χ4v) is 11.7. The maximum Gasteiger partial charge on any atom is 0.306 e. The molecule has 7 atom stereocenters. The highest BCUT2D eigenvalue weighted by Crippen LogP contribution is 2.46. The molecule has 0 radical (unpaired) electrons. The van der Waals surface area contributed by atoms with Crippen molar-refractivity contribution in [2.24, 2.45) is 23.7 Å². The quantitative estimate of drug-likeness (QED) is 0.222. The number of aromatic nitrogens is 2. The summed E-state index contributed by atoms with van der Waals surface area (Å²) in [6.45, 7) is 3.92. The molecule has 2 bridgehead atoms. The first kappa shape index (κ1) is 42.0. The second kappa shape index (κ2) is 17.1. The summed E-state index contributed by atoms with van der Waals surface area (Å²) in [6.07, 6.45) is 12.8. The van der Waals surface area contributed by atoms with E-state index in [0.29, 0.717) is 23.7 Å². The van der Waals surface area contributed by atoms with Crippen molar-refractivity contribution in [3.8, 4) is 17.1 Å². The molecule has 4 aliphatic carbocycles. The van der Waals surface area contributed by atoms with E-state index in [-0.39, 0.29) is 67.8 Å². The van der Waals surface area contributed by atoms with Gasteiger partial charge in [-0.25, -0.2) is 8.42 Å². The molecule has 62 heavy (non-hydrogen) atoms. The van der Waals surface area contributed by atoms with Crippen LogP contribution in [0.15, 0.2) is 78.1 Å². The van der Waals surface area contributed by atoms with Crippen molar-refractivity contribution in [2.75, 3.05) is 6.54 Å². The number of nitrogens with zero attached hydrogens (tertiary/aromatic N) is 3. The van der Waals surface area contributed by atoms with Gasteiger partial charge in [0.2, 0.25) is 21.8 Å². The average Bonchev–Trinajstić information content (AvgIpc) is 4.05. The standard InChI is InChI=1S/C47H55N5O9S/c1-2-33-27-47(33,45(57)50-62(58,59)35-20-21-35)49-42(54)39-25-34-28-52(39)44(56)37(30-14-8-9-15-30)26-41(53)61-40-18-11-17-31(40)16-7-4-10-23-51-43(55)36-22-19-32(29-12-5-3-6-13-29)24-38(36)48-46(51)60-34/h2-6,10,12-13,19,22,24,30-31,33-35,37,39-40H,1,7-9,11,14-18,20-21,23,25-28H2,(H,49,54)(H,50,57)/b10-4+/t31-,33+,34-,37+,39+,40-,47-/m1/s1. The Labute approximate surface area is 361 Å². The van der Waals surface area contributed by atoms with Gasteiger partial charge in [0.15, 0.2) is 0 Å². The Balaban J connectivity index is 1.08. The monoisotopic (exact) mass is 865 g/mol. The zero-order chi connectivity index (χ0) is 43.2. The molecule has 1 aromatic heterocycles. The summed E-state index contributed by atoms with van der Waals surface area (Å²) < 4.78 is 42.2. The van der Waals surface area contributed by atoms with E-state index in [9.17, 15) is 27.6 Å². The fourth-order valence-electron chi connectivity index (χ4n) is 10.3. The number of ether oxygens (including phenoxy) is 2. The smallest absolute Gasteiger partial charge is 0.306 e. The van der Waals surface area contributed by atoms with Crippen LogP contribution in [0.1, 0.15) is 89.9 Å². The van der Waals surface area contributed by atoms with Crippen LogP contribution in [0.2, 0.25) is 0 Å². The third-order valence-electron chi connectivity index (χ3n) is 14.1. The molecule has 3 heterocycles. The van der Waals surface area contributed by atoms with Crippen LogP contribution >= 0.6 is 0 Å². The van der Waals surface area contributed by atoms with Crippen molar-refractivity contribution in [2.45, 2.75) is 125 Å². The van der Waals surface area contributed by atoms with Gasteiger partial charge in [0, 0.05) is 18.9 Å². The molecule has 2 aliphatic heterocycles. The number of rotatable bonds is 8. The largest absolute Gasteiger partial charge is 0.462 e. The zero-order valence-corrected chi connectivity index (χ0v) is 35.7. The topological polar surface area (TPSA) is 183 Å². The van der Waals surface area contributed by atoms with Gasteiger partial charge in [-0.1, -0.05) is 67.5 Å². The molecule has 14 nitrogen and oxygen atoms in total. The fraction of sp³-hybridized carbons (Fsp3) is 0.532. The number of allylic oxidation sites excluding steroid dienone is 2. The lowest BCUT2D eigenvalue weighted by atomic mass is 9.86. The number of amides is 3. The maximum atomic E-state index is 15.1.